The number of hydrogen-bond acceptors (Lipinski definition) is 3. The lowest BCUT2D eigenvalue weighted by molar-refractivity contribution is 0.0338. The molecule has 4 nitrogen and oxygen atoms in total. The lowest BCUT2D eigenvalue weighted by Crippen LogP contribution is -2.26. The lowest BCUT2D eigenvalue weighted by Gasteiger charge is -2.22. The van der Waals surface area contributed by atoms with Crippen LogP contribution in [0.1, 0.15) is 24.5 Å². The van der Waals surface area contributed by atoms with Gasteiger partial charge in [-0.15, -0.1) is 0 Å². The van der Waals surface area contributed by atoms with Crippen molar-refractivity contribution >= 4 is 6.08 Å². The zero-order valence-corrected chi connectivity index (χ0v) is 7.74. The van der Waals surface area contributed by atoms with E-state index in [2.05, 4.69) is 4.98 Å². The fourth-order valence-electron chi connectivity index (χ4n) is 1.76. The highest BCUT2D eigenvalue weighted by Gasteiger charge is 2.39. The van der Waals surface area contributed by atoms with Crippen molar-refractivity contribution < 1.29 is 10.2 Å². The van der Waals surface area contributed by atoms with Crippen LogP contribution in [0.15, 0.2) is 22.8 Å². The van der Waals surface area contributed by atoms with Gasteiger partial charge in [0.15, 0.2) is 0 Å². The van der Waals surface area contributed by atoms with Crippen molar-refractivity contribution in [3.8, 4) is 0 Å². The molecule has 1 unspecified atom stereocenters. The summed E-state index contributed by atoms with van der Waals surface area (Å²) >= 11 is 0. The van der Waals surface area contributed by atoms with Gasteiger partial charge in [-0.1, -0.05) is 6.92 Å². The van der Waals surface area contributed by atoms with E-state index in [1.54, 1.807) is 13.0 Å². The molecule has 0 aromatic carbocycles. The topological polar surface area (TPSA) is 73.3 Å². The standard InChI is InChI=1S/C10H11NO3/c1-2-10(14)7-3-4-11-9(13)6(7)5-8(10)12/h3-5,12,14H,2H2,1H3,(H,11,13). The molecule has 0 amide bonds. The molecule has 1 aliphatic carbocycles. The Kier molecular flexibility index (Phi) is 1.75. The van der Waals surface area contributed by atoms with Gasteiger partial charge in [-0.05, 0) is 18.6 Å². The SMILES string of the molecule is CCC1(O)C(O)=Cc2c1cc[nH]c2=O. The van der Waals surface area contributed by atoms with E-state index in [0.29, 0.717) is 17.5 Å². The molecule has 14 heavy (non-hydrogen) atoms. The van der Waals surface area contributed by atoms with Crippen LogP contribution in [0.5, 0.6) is 0 Å². The van der Waals surface area contributed by atoms with Gasteiger partial charge in [-0.2, -0.15) is 0 Å². The molecular weight excluding hydrogens is 182 g/mol. The minimum atomic E-state index is -1.39. The number of aliphatic hydroxyl groups is 2. The minimum Gasteiger partial charge on any atom is -0.509 e. The van der Waals surface area contributed by atoms with E-state index in [1.807, 2.05) is 0 Å². The third kappa shape index (κ3) is 0.943. The Hall–Kier alpha value is -1.55. The quantitative estimate of drug-likeness (QED) is 0.620. The summed E-state index contributed by atoms with van der Waals surface area (Å²) in [6.45, 7) is 1.75. The molecule has 0 radical (unpaired) electrons. The van der Waals surface area contributed by atoms with Gasteiger partial charge >= 0.3 is 0 Å². The van der Waals surface area contributed by atoms with Gasteiger partial charge in [0.2, 0.25) is 0 Å². The maximum atomic E-state index is 11.3. The van der Waals surface area contributed by atoms with Gasteiger partial charge in [0.25, 0.3) is 5.56 Å². The van der Waals surface area contributed by atoms with E-state index in [1.165, 1.54) is 12.3 Å². The Bertz CT molecular complexity index is 461. The van der Waals surface area contributed by atoms with Crippen LogP contribution >= 0.6 is 0 Å². The predicted molar refractivity (Wildman–Crippen MR) is 51.9 cm³/mol. The second-order valence-corrected chi connectivity index (χ2v) is 3.38. The first-order valence-corrected chi connectivity index (χ1v) is 4.45. The Morgan fingerprint density at radius 2 is 2.29 bits per heavy atom. The van der Waals surface area contributed by atoms with Gasteiger partial charge in [0.05, 0.1) is 0 Å². The van der Waals surface area contributed by atoms with Gasteiger partial charge < -0.3 is 15.2 Å². The van der Waals surface area contributed by atoms with Crippen LogP contribution in [-0.4, -0.2) is 15.2 Å². The van der Waals surface area contributed by atoms with Crippen LogP contribution in [-0.2, 0) is 5.60 Å². The lowest BCUT2D eigenvalue weighted by atomic mass is 9.93. The Morgan fingerprint density at radius 3 is 2.93 bits per heavy atom. The summed E-state index contributed by atoms with van der Waals surface area (Å²) in [5.74, 6) is -0.160. The summed E-state index contributed by atoms with van der Waals surface area (Å²) in [6.07, 6.45) is 3.12. The molecule has 4 heteroatoms. The van der Waals surface area contributed by atoms with Crippen molar-refractivity contribution in [3.63, 3.8) is 0 Å². The van der Waals surface area contributed by atoms with Crippen molar-refractivity contribution in [2.45, 2.75) is 18.9 Å². The molecule has 1 heterocycles. The van der Waals surface area contributed by atoms with Crippen molar-refractivity contribution in [3.05, 3.63) is 39.5 Å². The second-order valence-electron chi connectivity index (χ2n) is 3.38. The summed E-state index contributed by atoms with van der Waals surface area (Å²) in [4.78, 5) is 13.8. The van der Waals surface area contributed by atoms with E-state index < -0.39 is 5.60 Å². The third-order valence-electron chi connectivity index (χ3n) is 2.66. The van der Waals surface area contributed by atoms with Crippen LogP contribution in [0.4, 0.5) is 0 Å². The maximum Gasteiger partial charge on any atom is 0.255 e. The smallest absolute Gasteiger partial charge is 0.255 e. The number of nitrogens with one attached hydrogen (secondary N) is 1. The monoisotopic (exact) mass is 193 g/mol. The molecule has 0 aliphatic heterocycles. The number of aromatic nitrogens is 1. The summed E-state index contributed by atoms with van der Waals surface area (Å²) in [7, 11) is 0. The number of hydrogen-bond donors (Lipinski definition) is 3. The maximum absolute atomic E-state index is 11.3. The first-order valence-electron chi connectivity index (χ1n) is 4.45. The van der Waals surface area contributed by atoms with Crippen molar-refractivity contribution in [1.29, 1.82) is 0 Å². The molecule has 1 aliphatic rings. The zero-order valence-electron chi connectivity index (χ0n) is 7.74. The van der Waals surface area contributed by atoms with E-state index in [0.717, 1.165) is 0 Å². The highest BCUT2D eigenvalue weighted by Crippen LogP contribution is 2.38. The molecule has 2 rings (SSSR count). The normalized spacial score (nSPS) is 24.6. The van der Waals surface area contributed by atoms with Gasteiger partial charge in [0.1, 0.15) is 11.4 Å². The fraction of sp³-hybridized carbons (Fsp3) is 0.300. The average Bonchev–Trinajstić information content (AvgIpc) is 2.43. The molecule has 0 bridgehead atoms. The molecule has 1 atom stereocenters. The highest BCUT2D eigenvalue weighted by molar-refractivity contribution is 5.65. The number of rotatable bonds is 1. The number of fused-ring (bicyclic) bond motifs is 1. The summed E-state index contributed by atoms with van der Waals surface area (Å²) in [5.41, 5.74) is -0.863. The summed E-state index contributed by atoms with van der Waals surface area (Å²) in [6, 6.07) is 1.61. The van der Waals surface area contributed by atoms with Crippen molar-refractivity contribution in [2.24, 2.45) is 0 Å². The first kappa shape index (κ1) is 9.02. The van der Waals surface area contributed by atoms with Crippen LogP contribution in [0.2, 0.25) is 0 Å². The Labute approximate surface area is 80.5 Å². The highest BCUT2D eigenvalue weighted by atomic mass is 16.3. The van der Waals surface area contributed by atoms with Crippen LogP contribution in [0.3, 0.4) is 0 Å². The van der Waals surface area contributed by atoms with Crippen LogP contribution in [0, 0.1) is 0 Å². The van der Waals surface area contributed by atoms with E-state index in [4.69, 9.17) is 0 Å². The molecule has 1 aromatic heterocycles. The number of H-pyrrole nitrogens is 1. The fourth-order valence-corrected chi connectivity index (χ4v) is 1.76. The molecule has 3 N–H and O–H groups in total. The average molecular weight is 193 g/mol. The third-order valence-corrected chi connectivity index (χ3v) is 2.66. The largest absolute Gasteiger partial charge is 0.509 e. The zero-order chi connectivity index (χ0) is 10.3. The second kappa shape index (κ2) is 2.72. The molecule has 0 spiro atoms. The molecule has 0 saturated heterocycles. The van der Waals surface area contributed by atoms with E-state index in [-0.39, 0.29) is 11.3 Å². The summed E-state index contributed by atoms with van der Waals surface area (Å²) < 4.78 is 0. The number of aromatic amines is 1. The van der Waals surface area contributed by atoms with Gasteiger partial charge in [-0.25, -0.2) is 0 Å². The van der Waals surface area contributed by atoms with Crippen LogP contribution < -0.4 is 5.56 Å². The molecular formula is C10H11NO3. The van der Waals surface area contributed by atoms with Crippen molar-refractivity contribution in [1.82, 2.24) is 4.98 Å². The van der Waals surface area contributed by atoms with Crippen molar-refractivity contribution in [2.75, 3.05) is 0 Å². The van der Waals surface area contributed by atoms with E-state index >= 15 is 0 Å². The van der Waals surface area contributed by atoms with Gasteiger partial charge in [-0.3, -0.25) is 4.79 Å². The molecule has 0 fully saturated rings. The molecule has 0 saturated carbocycles. The molecule has 1 aromatic rings. The number of pyridine rings is 1. The summed E-state index contributed by atoms with van der Waals surface area (Å²) in [5, 5.41) is 19.6. The van der Waals surface area contributed by atoms with E-state index in [9.17, 15) is 15.0 Å². The van der Waals surface area contributed by atoms with Crippen LogP contribution in [0.25, 0.3) is 6.08 Å². The minimum absolute atomic E-state index is 0.160. The van der Waals surface area contributed by atoms with Gasteiger partial charge in [0, 0.05) is 17.3 Å². The molecule has 74 valence electrons. The predicted octanol–water partition coefficient (Wildman–Crippen LogP) is 0.885. The number of aliphatic hydroxyl groups excluding tert-OH is 1. The Balaban J connectivity index is 2.74. The first-order chi connectivity index (χ1) is 6.59. The Morgan fingerprint density at radius 1 is 1.57 bits per heavy atom.